The molecule has 1 aromatic heterocycles. The van der Waals surface area contributed by atoms with Gasteiger partial charge in [0.05, 0.1) is 0 Å². The van der Waals surface area contributed by atoms with Gasteiger partial charge in [0.25, 0.3) is 0 Å². The van der Waals surface area contributed by atoms with Crippen molar-refractivity contribution in [2.45, 2.75) is 6.42 Å². The lowest BCUT2D eigenvalue weighted by atomic mass is 10.2. The van der Waals surface area contributed by atoms with Crippen LogP contribution in [0.5, 0.6) is 0 Å². The van der Waals surface area contributed by atoms with Crippen LogP contribution in [-0.2, 0) is 0 Å². The molecule has 5 heteroatoms. The normalized spacial score (nSPS) is 9.79. The minimum absolute atomic E-state index is 0.450. The second-order valence-electron chi connectivity index (χ2n) is 2.86. The van der Waals surface area contributed by atoms with Crippen LogP contribution in [0.15, 0.2) is 18.3 Å². The highest BCUT2D eigenvalue weighted by atomic mass is 16.1. The Kier molecular flexibility index (Phi) is 3.87. The van der Waals surface area contributed by atoms with Gasteiger partial charge in [0, 0.05) is 18.3 Å². The summed E-state index contributed by atoms with van der Waals surface area (Å²) >= 11 is 0. The summed E-state index contributed by atoms with van der Waals surface area (Å²) in [7, 11) is 0. The van der Waals surface area contributed by atoms with Gasteiger partial charge in [0.15, 0.2) is 0 Å². The molecule has 1 heterocycles. The smallest absolute Gasteiger partial charge is 0.248 e. The lowest BCUT2D eigenvalue weighted by Gasteiger charge is -2.04. The molecular weight excluding hydrogens is 180 g/mol. The Morgan fingerprint density at radius 3 is 3.00 bits per heavy atom. The summed E-state index contributed by atoms with van der Waals surface area (Å²) in [6.45, 7) is 1.37. The van der Waals surface area contributed by atoms with Crippen molar-refractivity contribution in [1.29, 1.82) is 0 Å². The summed E-state index contributed by atoms with van der Waals surface area (Å²) in [5, 5.41) is 3.04. The van der Waals surface area contributed by atoms with Crippen LogP contribution in [0.1, 0.15) is 16.8 Å². The third kappa shape index (κ3) is 3.02. The van der Waals surface area contributed by atoms with Crippen molar-refractivity contribution >= 4 is 11.7 Å². The fourth-order valence-corrected chi connectivity index (χ4v) is 0.999. The van der Waals surface area contributed by atoms with E-state index in [-0.39, 0.29) is 0 Å². The van der Waals surface area contributed by atoms with E-state index in [1.165, 1.54) is 0 Å². The van der Waals surface area contributed by atoms with Crippen LogP contribution in [0, 0.1) is 0 Å². The van der Waals surface area contributed by atoms with E-state index in [1.54, 1.807) is 18.3 Å². The summed E-state index contributed by atoms with van der Waals surface area (Å²) in [5.41, 5.74) is 10.9. The lowest BCUT2D eigenvalue weighted by molar-refractivity contribution is 0.1000. The summed E-state index contributed by atoms with van der Waals surface area (Å²) in [4.78, 5) is 14.9. The molecule has 14 heavy (non-hydrogen) atoms. The molecule has 0 atom stereocenters. The first-order chi connectivity index (χ1) is 6.74. The predicted octanol–water partition coefficient (Wildman–Crippen LogP) is -0.0588. The summed E-state index contributed by atoms with van der Waals surface area (Å²) in [5.74, 6) is 0.198. The van der Waals surface area contributed by atoms with Crippen molar-refractivity contribution in [3.8, 4) is 0 Å². The molecule has 0 fully saturated rings. The number of anilines is 1. The van der Waals surface area contributed by atoms with E-state index >= 15 is 0 Å². The average Bonchev–Trinajstić information content (AvgIpc) is 2.19. The zero-order valence-corrected chi connectivity index (χ0v) is 7.86. The van der Waals surface area contributed by atoms with Gasteiger partial charge < -0.3 is 16.8 Å². The van der Waals surface area contributed by atoms with Crippen molar-refractivity contribution in [2.75, 3.05) is 18.4 Å². The van der Waals surface area contributed by atoms with Gasteiger partial charge in [-0.05, 0) is 25.1 Å². The maximum absolute atomic E-state index is 10.8. The van der Waals surface area contributed by atoms with Gasteiger partial charge in [0.1, 0.15) is 5.82 Å². The summed E-state index contributed by atoms with van der Waals surface area (Å²) in [6, 6.07) is 3.20. The standard InChI is InChI=1S/C9H14N4O/c10-3-1-4-12-8-6-7(9(11)14)2-5-13-8/h2,5-6H,1,3-4,10H2,(H2,11,14)(H,12,13). The molecule has 5 N–H and O–H groups in total. The maximum atomic E-state index is 10.8. The molecule has 1 amide bonds. The number of pyridine rings is 1. The second-order valence-corrected chi connectivity index (χ2v) is 2.86. The lowest BCUT2D eigenvalue weighted by Crippen LogP contribution is -2.13. The van der Waals surface area contributed by atoms with E-state index in [1.807, 2.05) is 0 Å². The number of aromatic nitrogens is 1. The van der Waals surface area contributed by atoms with Crippen LogP contribution in [0.2, 0.25) is 0 Å². The molecular formula is C9H14N4O. The van der Waals surface area contributed by atoms with Gasteiger partial charge in [0.2, 0.25) is 5.91 Å². The molecule has 0 aromatic carbocycles. The number of nitrogens with zero attached hydrogens (tertiary/aromatic N) is 1. The Morgan fingerprint density at radius 2 is 2.36 bits per heavy atom. The molecule has 0 unspecified atom stereocenters. The first-order valence-corrected chi connectivity index (χ1v) is 4.44. The first kappa shape index (κ1) is 10.5. The summed E-state index contributed by atoms with van der Waals surface area (Å²) in [6.07, 6.45) is 2.41. The van der Waals surface area contributed by atoms with Gasteiger partial charge >= 0.3 is 0 Å². The van der Waals surface area contributed by atoms with Crippen LogP contribution in [-0.4, -0.2) is 24.0 Å². The van der Waals surface area contributed by atoms with Crippen molar-refractivity contribution in [2.24, 2.45) is 11.5 Å². The Morgan fingerprint density at radius 1 is 1.57 bits per heavy atom. The zero-order chi connectivity index (χ0) is 10.4. The van der Waals surface area contributed by atoms with E-state index < -0.39 is 5.91 Å². The minimum atomic E-state index is -0.450. The van der Waals surface area contributed by atoms with Gasteiger partial charge in [-0.2, -0.15) is 0 Å². The number of nitrogens with two attached hydrogens (primary N) is 2. The van der Waals surface area contributed by atoms with Gasteiger partial charge in [-0.3, -0.25) is 4.79 Å². The van der Waals surface area contributed by atoms with E-state index in [0.29, 0.717) is 17.9 Å². The minimum Gasteiger partial charge on any atom is -0.370 e. The molecule has 0 aliphatic carbocycles. The van der Waals surface area contributed by atoms with Gasteiger partial charge in [-0.1, -0.05) is 0 Å². The molecule has 1 aromatic rings. The topological polar surface area (TPSA) is 94.0 Å². The van der Waals surface area contributed by atoms with Crippen LogP contribution in [0.4, 0.5) is 5.82 Å². The Labute approximate surface area is 82.5 Å². The second kappa shape index (κ2) is 5.18. The predicted molar refractivity (Wildman–Crippen MR) is 54.9 cm³/mol. The zero-order valence-electron chi connectivity index (χ0n) is 7.86. The fourth-order valence-electron chi connectivity index (χ4n) is 0.999. The molecule has 0 spiro atoms. The number of hydrogen-bond acceptors (Lipinski definition) is 4. The number of primary amides is 1. The molecule has 76 valence electrons. The van der Waals surface area contributed by atoms with E-state index in [0.717, 1.165) is 13.0 Å². The van der Waals surface area contributed by atoms with Crippen LogP contribution in [0.25, 0.3) is 0 Å². The average molecular weight is 194 g/mol. The van der Waals surface area contributed by atoms with Crippen molar-refractivity contribution < 1.29 is 4.79 Å². The summed E-state index contributed by atoms with van der Waals surface area (Å²) < 4.78 is 0. The number of amides is 1. The third-order valence-corrected chi connectivity index (χ3v) is 1.73. The molecule has 0 saturated carbocycles. The van der Waals surface area contributed by atoms with Crippen molar-refractivity contribution in [1.82, 2.24) is 4.98 Å². The van der Waals surface area contributed by atoms with Crippen molar-refractivity contribution in [3.63, 3.8) is 0 Å². The number of carbonyl (C=O) groups excluding carboxylic acids is 1. The Hall–Kier alpha value is -1.62. The van der Waals surface area contributed by atoms with E-state index in [2.05, 4.69) is 10.3 Å². The monoisotopic (exact) mass is 194 g/mol. The number of hydrogen-bond donors (Lipinski definition) is 3. The highest BCUT2D eigenvalue weighted by molar-refractivity contribution is 5.93. The fraction of sp³-hybridized carbons (Fsp3) is 0.333. The molecule has 0 aliphatic rings. The quantitative estimate of drug-likeness (QED) is 0.572. The van der Waals surface area contributed by atoms with Crippen LogP contribution >= 0.6 is 0 Å². The Bertz CT molecular complexity index is 313. The number of nitrogens with one attached hydrogen (secondary N) is 1. The van der Waals surface area contributed by atoms with E-state index in [4.69, 9.17) is 11.5 Å². The molecule has 0 radical (unpaired) electrons. The third-order valence-electron chi connectivity index (χ3n) is 1.73. The van der Waals surface area contributed by atoms with E-state index in [9.17, 15) is 4.79 Å². The van der Waals surface area contributed by atoms with Gasteiger partial charge in [-0.25, -0.2) is 4.98 Å². The van der Waals surface area contributed by atoms with Crippen molar-refractivity contribution in [3.05, 3.63) is 23.9 Å². The highest BCUT2D eigenvalue weighted by Gasteiger charge is 2.00. The molecule has 0 saturated heterocycles. The Balaban J connectivity index is 2.59. The molecule has 0 aliphatic heterocycles. The number of carbonyl (C=O) groups is 1. The molecule has 1 rings (SSSR count). The van der Waals surface area contributed by atoms with Crippen LogP contribution in [0.3, 0.4) is 0 Å². The maximum Gasteiger partial charge on any atom is 0.248 e. The molecule has 0 bridgehead atoms. The highest BCUT2D eigenvalue weighted by Crippen LogP contribution is 2.05. The SMILES string of the molecule is NCCCNc1cc(C(N)=O)ccn1. The largest absolute Gasteiger partial charge is 0.370 e. The van der Waals surface area contributed by atoms with Crippen LogP contribution < -0.4 is 16.8 Å². The first-order valence-electron chi connectivity index (χ1n) is 4.44. The number of rotatable bonds is 5. The molecule has 5 nitrogen and oxygen atoms in total. The van der Waals surface area contributed by atoms with Gasteiger partial charge in [-0.15, -0.1) is 0 Å².